The Balaban J connectivity index is 0.000000179. The van der Waals surface area contributed by atoms with Crippen molar-refractivity contribution in [2.45, 2.75) is 62.4 Å². The number of phenols is 2. The van der Waals surface area contributed by atoms with Crippen LogP contribution in [0.15, 0.2) is 60.7 Å². The number of nitrogens with two attached hydrogens (primary N) is 1. The highest BCUT2D eigenvalue weighted by Crippen LogP contribution is 2.52. The van der Waals surface area contributed by atoms with Crippen LogP contribution < -0.4 is 10.5 Å². The summed E-state index contributed by atoms with van der Waals surface area (Å²) in [5.74, 6) is -3.51. The minimum Gasteiger partial charge on any atom is -0.507 e. The molecule has 0 saturated carbocycles. The Bertz CT molecular complexity index is 2470. The average molecular weight is 853 g/mol. The normalized spacial score (nSPS) is 31.7. The molecule has 2 aliphatic carbocycles. The number of carbonyl (C=O) groups is 4. The third kappa shape index (κ3) is 7.17. The largest absolute Gasteiger partial charge is 0.507 e. The van der Waals surface area contributed by atoms with E-state index >= 15 is 0 Å². The van der Waals surface area contributed by atoms with E-state index in [2.05, 4.69) is 32.9 Å². The fraction of sp³-hybridized carbons (Fsp3) is 0.422. The van der Waals surface area contributed by atoms with Gasteiger partial charge in [-0.25, -0.2) is 14.7 Å². The number of rotatable bonds is 8. The smallest absolute Gasteiger partial charge is 0.217 e. The van der Waals surface area contributed by atoms with Crippen molar-refractivity contribution >= 4 is 33.9 Å². The molecule has 11 rings (SSSR count). The van der Waals surface area contributed by atoms with Crippen molar-refractivity contribution in [2.24, 2.45) is 5.73 Å². The molecule has 5 heterocycles. The van der Waals surface area contributed by atoms with E-state index < -0.39 is 95.7 Å². The van der Waals surface area contributed by atoms with E-state index in [0.717, 1.165) is 55.4 Å². The molecule has 4 aromatic rings. The average Bonchev–Trinajstić information content (AvgIpc) is 3.24. The van der Waals surface area contributed by atoms with E-state index in [4.69, 9.17) is 19.9 Å². The van der Waals surface area contributed by atoms with Gasteiger partial charge in [0.25, 0.3) is 0 Å². The first-order valence-electron chi connectivity index (χ1n) is 20.6. The number of ether oxygens (including phenoxy) is 3. The Morgan fingerprint density at radius 3 is 2.21 bits per heavy atom. The summed E-state index contributed by atoms with van der Waals surface area (Å²) < 4.78 is 17.9. The van der Waals surface area contributed by atoms with Gasteiger partial charge in [-0.2, -0.15) is 0 Å². The summed E-state index contributed by atoms with van der Waals surface area (Å²) in [6.45, 7) is 7.35. The third-order valence-electron chi connectivity index (χ3n) is 13.1. The van der Waals surface area contributed by atoms with E-state index in [1.165, 1.54) is 30.7 Å². The van der Waals surface area contributed by atoms with Crippen LogP contribution in [0.3, 0.4) is 0 Å². The molecule has 6 atom stereocenters. The van der Waals surface area contributed by atoms with Crippen LogP contribution in [0.5, 0.6) is 17.2 Å². The number of benzene rings is 4. The first-order chi connectivity index (χ1) is 29.6. The minimum absolute atomic E-state index is 0.0173. The molecule has 0 unspecified atom stereocenters. The number of hydrogen-bond acceptors (Lipinski definition) is 16. The van der Waals surface area contributed by atoms with Gasteiger partial charge in [0.2, 0.25) is 11.6 Å². The first-order valence-corrected chi connectivity index (χ1v) is 20.6. The standard InChI is InChI=1S/C27H29NO11.C18H21N4O/c1-10-22(31)13(28)6-17(38-10)39-15-8-27(36,16(30)9-29)7-12-19(15)26(35)21-20(24(12)33)23(32)11-4-3-5-14(37-2)18(11)25(21)34;23-18(17-6-5-15-3-1-2-4-16(15)7-17)8-22-12-19-9-20(13-22)11-21(10-19)14-22/h3-5,10,13,15,17,22,29,31,33,35-36H,6-9,28H2,1-2H3;1-7H,8-14H2/q;+1/t10-,13-,15-,17-,22+,27-;/m0./s1. The quantitative estimate of drug-likeness (QED) is 0.0739. The monoisotopic (exact) mass is 852 g/mol. The molecule has 17 heteroatoms. The van der Waals surface area contributed by atoms with Crippen molar-refractivity contribution in [3.05, 3.63) is 99.6 Å². The van der Waals surface area contributed by atoms with Crippen molar-refractivity contribution in [3.8, 4) is 17.2 Å². The summed E-state index contributed by atoms with van der Waals surface area (Å²) in [5, 5.41) is 56.0. The van der Waals surface area contributed by atoms with Crippen molar-refractivity contribution in [1.82, 2.24) is 14.7 Å². The summed E-state index contributed by atoms with van der Waals surface area (Å²) in [5.41, 5.74) is 3.22. The minimum atomic E-state index is -2.24. The molecule has 5 fully saturated rings. The maximum absolute atomic E-state index is 13.6. The Labute approximate surface area is 356 Å². The van der Waals surface area contributed by atoms with Gasteiger partial charge >= 0.3 is 0 Å². The lowest BCUT2D eigenvalue weighted by atomic mass is 9.72. The van der Waals surface area contributed by atoms with Crippen molar-refractivity contribution in [2.75, 3.05) is 60.3 Å². The maximum Gasteiger partial charge on any atom is 0.217 e. The van der Waals surface area contributed by atoms with Crippen LogP contribution in [-0.2, 0) is 20.7 Å². The summed E-state index contributed by atoms with van der Waals surface area (Å²) in [4.78, 5) is 60.0. The molecule has 0 amide bonds. The lowest BCUT2D eigenvalue weighted by Crippen LogP contribution is -2.79. The highest BCUT2D eigenvalue weighted by molar-refractivity contribution is 6.31. The van der Waals surface area contributed by atoms with E-state index in [-0.39, 0.29) is 40.2 Å². The fourth-order valence-corrected chi connectivity index (χ4v) is 10.3. The van der Waals surface area contributed by atoms with Crippen molar-refractivity contribution in [3.63, 3.8) is 0 Å². The summed E-state index contributed by atoms with van der Waals surface area (Å²) in [7, 11) is 1.32. The number of fused-ring (bicyclic) bond motifs is 4. The highest BCUT2D eigenvalue weighted by atomic mass is 16.7. The van der Waals surface area contributed by atoms with Gasteiger partial charge in [0, 0.05) is 47.6 Å². The number of aromatic hydroxyl groups is 2. The molecule has 4 aromatic carbocycles. The Morgan fingerprint density at radius 2 is 1.56 bits per heavy atom. The summed E-state index contributed by atoms with van der Waals surface area (Å²) in [6, 6.07) is 18.0. The molecule has 7 N–H and O–H groups in total. The van der Waals surface area contributed by atoms with Crippen molar-refractivity contribution in [1.29, 1.82) is 0 Å². The van der Waals surface area contributed by atoms with Crippen LogP contribution in [0.2, 0.25) is 0 Å². The Morgan fingerprint density at radius 1 is 0.903 bits per heavy atom. The SMILES string of the molecule is COc1cccc2c1C(=O)c1c(O)c3c(c(O)c1C2=O)C[C@@](O)(C(=O)CO)C[C@@H]3O[C@H]1C[C@H](N)[C@H](O)[C@H](C)O1.O=C(C[N+]12CN3CN(CN(C3)C1)C2)c1ccc2ccccc2c1. The number of Topliss-reactive ketones (excluding diaryl/α,β-unsaturated/α-hetero) is 2. The number of carbonyl (C=O) groups excluding carboxylic acids is 4. The second-order valence-corrected chi connectivity index (χ2v) is 17.5. The maximum atomic E-state index is 13.6. The number of aliphatic hydroxyl groups excluding tert-OH is 2. The number of ketones is 4. The van der Waals surface area contributed by atoms with Gasteiger partial charge < -0.3 is 45.5 Å². The molecule has 7 aliphatic rings. The van der Waals surface area contributed by atoms with Gasteiger partial charge in [0.1, 0.15) is 56.0 Å². The number of phenolic OH excluding ortho intramolecular Hbond substituents is 2. The second-order valence-electron chi connectivity index (χ2n) is 17.5. The van der Waals surface area contributed by atoms with E-state index in [1.54, 1.807) is 6.92 Å². The molecule has 62 heavy (non-hydrogen) atoms. The Hall–Kier alpha value is -5.18. The van der Waals surface area contributed by atoms with E-state index in [9.17, 15) is 44.7 Å². The number of aliphatic hydroxyl groups is 3. The number of hydrogen-bond donors (Lipinski definition) is 6. The van der Waals surface area contributed by atoms with Crippen LogP contribution in [0.1, 0.15) is 79.2 Å². The molecule has 5 aliphatic heterocycles. The van der Waals surface area contributed by atoms with Gasteiger partial charge in [-0.05, 0) is 29.8 Å². The van der Waals surface area contributed by atoms with Crippen LogP contribution >= 0.6 is 0 Å². The van der Waals surface area contributed by atoms with Gasteiger partial charge in [0.05, 0.1) is 62.1 Å². The molecule has 0 aromatic heterocycles. The third-order valence-corrected chi connectivity index (χ3v) is 13.1. The van der Waals surface area contributed by atoms with Crippen LogP contribution in [0.25, 0.3) is 10.8 Å². The highest BCUT2D eigenvalue weighted by Gasteiger charge is 2.51. The van der Waals surface area contributed by atoms with Gasteiger partial charge in [-0.3, -0.25) is 23.7 Å². The van der Waals surface area contributed by atoms with E-state index in [1.807, 2.05) is 24.3 Å². The van der Waals surface area contributed by atoms with E-state index in [0.29, 0.717) is 6.54 Å². The molecular formula is C45H50N5O12+. The topological polar surface area (TPSA) is 233 Å². The van der Waals surface area contributed by atoms with Gasteiger partial charge in [-0.15, -0.1) is 0 Å². The number of quaternary nitrogens is 1. The number of nitrogens with zero attached hydrogens (tertiary/aromatic N) is 4. The molecule has 17 nitrogen and oxygen atoms in total. The predicted molar refractivity (Wildman–Crippen MR) is 220 cm³/mol. The lowest BCUT2D eigenvalue weighted by molar-refractivity contribution is -0.973. The zero-order chi connectivity index (χ0) is 43.8. The molecule has 5 saturated heterocycles. The van der Waals surface area contributed by atoms with Gasteiger partial charge in [0.15, 0.2) is 17.9 Å². The molecule has 0 radical (unpaired) electrons. The lowest BCUT2D eigenvalue weighted by Gasteiger charge is -2.60. The predicted octanol–water partition coefficient (Wildman–Crippen LogP) is 1.53. The first kappa shape index (κ1) is 42.1. The second kappa shape index (κ2) is 15.9. The van der Waals surface area contributed by atoms with Crippen LogP contribution in [0, 0.1) is 0 Å². The fourth-order valence-electron chi connectivity index (χ4n) is 10.3. The Kier molecular flexibility index (Phi) is 10.8. The summed E-state index contributed by atoms with van der Waals surface area (Å²) >= 11 is 0. The zero-order valence-corrected chi connectivity index (χ0v) is 34.4. The molecule has 326 valence electrons. The van der Waals surface area contributed by atoms with Crippen LogP contribution in [-0.4, -0.2) is 158 Å². The molecule has 0 spiro atoms. The molecule has 4 bridgehead atoms. The zero-order valence-electron chi connectivity index (χ0n) is 34.4. The summed E-state index contributed by atoms with van der Waals surface area (Å²) in [6.07, 6.45) is -5.12. The van der Waals surface area contributed by atoms with Crippen LogP contribution in [0.4, 0.5) is 0 Å². The van der Waals surface area contributed by atoms with Crippen molar-refractivity contribution < 1.29 is 63.4 Å². The number of methoxy groups -OCH3 is 1. The molecular weight excluding hydrogens is 803 g/mol. The van der Waals surface area contributed by atoms with Gasteiger partial charge in [-0.1, -0.05) is 48.5 Å².